The van der Waals surface area contributed by atoms with Gasteiger partial charge in [-0.15, -0.1) is 0 Å². The van der Waals surface area contributed by atoms with Crippen LogP contribution >= 0.6 is 7.60 Å². The van der Waals surface area contributed by atoms with Crippen LogP contribution in [-0.4, -0.2) is 13.2 Å². The Morgan fingerprint density at radius 1 is 1.17 bits per heavy atom. The molecule has 1 atom stereocenters. The van der Waals surface area contributed by atoms with Crippen molar-refractivity contribution >= 4 is 7.60 Å². The largest absolute Gasteiger partial charge is 0.351 e. The van der Waals surface area contributed by atoms with E-state index in [0.717, 1.165) is 16.7 Å². The van der Waals surface area contributed by atoms with Crippen LogP contribution in [0.1, 0.15) is 36.3 Å². The summed E-state index contributed by atoms with van der Waals surface area (Å²) in [6, 6.07) is 5.85. The molecule has 18 heavy (non-hydrogen) atoms. The number of rotatable bonds is 6. The molecule has 2 N–H and O–H groups in total. The highest BCUT2D eigenvalue weighted by Gasteiger charge is 2.35. The molecule has 0 unspecified atom stereocenters. The molecule has 0 fully saturated rings. The van der Waals surface area contributed by atoms with Crippen LogP contribution < -0.4 is 5.73 Å². The lowest BCUT2D eigenvalue weighted by Crippen LogP contribution is -2.17. The Labute approximate surface area is 109 Å². The molecule has 0 heterocycles. The van der Waals surface area contributed by atoms with Crippen LogP contribution in [0.25, 0.3) is 0 Å². The quantitative estimate of drug-likeness (QED) is 0.804. The molecule has 0 aliphatic rings. The molecule has 0 bridgehead atoms. The molecule has 0 spiro atoms. The lowest BCUT2D eigenvalue weighted by Gasteiger charge is -2.25. The van der Waals surface area contributed by atoms with Gasteiger partial charge in [0, 0.05) is 0 Å². The number of hydrogen-bond donors (Lipinski definition) is 1. The standard InChI is InChI=1S/C13H22NO3P/c1-5-16-18(15,17-6-2)13(14)12-10(3)8-7-9-11(12)4/h7-9,13H,5-6,14H2,1-4H3/t13-/m0/s1. The highest BCUT2D eigenvalue weighted by molar-refractivity contribution is 7.54. The Bertz CT molecular complexity index is 418. The van der Waals surface area contributed by atoms with Gasteiger partial charge in [0.05, 0.1) is 13.2 Å². The van der Waals surface area contributed by atoms with Gasteiger partial charge in [0.15, 0.2) is 0 Å². The fourth-order valence-corrected chi connectivity index (χ4v) is 3.85. The Morgan fingerprint density at radius 2 is 1.61 bits per heavy atom. The second kappa shape index (κ2) is 6.48. The topological polar surface area (TPSA) is 61.5 Å². The molecule has 0 saturated carbocycles. The summed E-state index contributed by atoms with van der Waals surface area (Å²) in [6.45, 7) is 8.09. The maximum atomic E-state index is 12.6. The van der Waals surface area contributed by atoms with Crippen molar-refractivity contribution in [3.63, 3.8) is 0 Å². The summed E-state index contributed by atoms with van der Waals surface area (Å²) in [5.41, 5.74) is 8.99. The normalized spacial score (nSPS) is 13.6. The zero-order valence-corrected chi connectivity index (χ0v) is 12.4. The van der Waals surface area contributed by atoms with E-state index in [-0.39, 0.29) is 0 Å². The molecular formula is C13H22NO3P. The number of nitrogens with two attached hydrogens (primary N) is 1. The van der Waals surface area contributed by atoms with Gasteiger partial charge in [0.2, 0.25) is 0 Å². The van der Waals surface area contributed by atoms with E-state index in [9.17, 15) is 4.57 Å². The SMILES string of the molecule is CCOP(=O)(OCC)[C@H](N)c1c(C)cccc1C. The fourth-order valence-electron chi connectivity index (χ4n) is 2.01. The van der Waals surface area contributed by atoms with E-state index in [1.165, 1.54) is 0 Å². The predicted octanol–water partition coefficient (Wildman–Crippen LogP) is 3.53. The summed E-state index contributed by atoms with van der Waals surface area (Å²) in [7, 11) is -3.31. The Kier molecular flexibility index (Phi) is 5.54. The van der Waals surface area contributed by atoms with Gasteiger partial charge in [0.25, 0.3) is 0 Å². The molecule has 0 aliphatic carbocycles. The minimum atomic E-state index is -3.31. The Morgan fingerprint density at radius 3 is 2.00 bits per heavy atom. The van der Waals surface area contributed by atoms with Crippen LogP contribution in [0.2, 0.25) is 0 Å². The van der Waals surface area contributed by atoms with Crippen molar-refractivity contribution in [1.29, 1.82) is 0 Å². The van der Waals surface area contributed by atoms with Gasteiger partial charge in [-0.05, 0) is 44.4 Å². The zero-order chi connectivity index (χ0) is 13.8. The smallest absolute Gasteiger partial charge is 0.314 e. The lowest BCUT2D eigenvalue weighted by molar-refractivity contribution is 0.212. The summed E-state index contributed by atoms with van der Waals surface area (Å²) >= 11 is 0. The first-order valence-corrected chi connectivity index (χ1v) is 7.78. The average Bonchev–Trinajstić information content (AvgIpc) is 2.29. The van der Waals surface area contributed by atoms with Crippen molar-refractivity contribution < 1.29 is 13.6 Å². The summed E-state index contributed by atoms with van der Waals surface area (Å²) in [5, 5.41) is 0. The van der Waals surface area contributed by atoms with Crippen LogP contribution in [-0.2, 0) is 13.6 Å². The van der Waals surface area contributed by atoms with Gasteiger partial charge in [-0.2, -0.15) is 0 Å². The maximum absolute atomic E-state index is 12.6. The maximum Gasteiger partial charge on any atom is 0.351 e. The monoisotopic (exact) mass is 271 g/mol. The molecule has 1 aromatic carbocycles. The van der Waals surface area contributed by atoms with Crippen molar-refractivity contribution in [2.24, 2.45) is 5.73 Å². The van der Waals surface area contributed by atoms with Crippen molar-refractivity contribution in [3.8, 4) is 0 Å². The molecule has 0 amide bonds. The van der Waals surface area contributed by atoms with Crippen LogP contribution in [0.5, 0.6) is 0 Å². The summed E-state index contributed by atoms with van der Waals surface area (Å²) in [5.74, 6) is -0.737. The van der Waals surface area contributed by atoms with Crippen molar-refractivity contribution in [2.75, 3.05) is 13.2 Å². The van der Waals surface area contributed by atoms with E-state index in [0.29, 0.717) is 13.2 Å². The second-order valence-corrected chi connectivity index (χ2v) is 6.28. The molecule has 0 saturated heterocycles. The van der Waals surface area contributed by atoms with E-state index < -0.39 is 13.4 Å². The van der Waals surface area contributed by atoms with E-state index in [1.54, 1.807) is 13.8 Å². The van der Waals surface area contributed by atoms with Gasteiger partial charge in [-0.3, -0.25) is 4.57 Å². The van der Waals surface area contributed by atoms with E-state index >= 15 is 0 Å². The summed E-state index contributed by atoms with van der Waals surface area (Å²) in [6.07, 6.45) is 0. The number of aryl methyl sites for hydroxylation is 2. The summed E-state index contributed by atoms with van der Waals surface area (Å²) < 4.78 is 23.3. The van der Waals surface area contributed by atoms with Gasteiger partial charge >= 0.3 is 7.60 Å². The van der Waals surface area contributed by atoms with Crippen LogP contribution in [0.3, 0.4) is 0 Å². The van der Waals surface area contributed by atoms with Gasteiger partial charge in [0.1, 0.15) is 5.78 Å². The molecule has 0 aliphatic heterocycles. The van der Waals surface area contributed by atoms with Gasteiger partial charge in [-0.25, -0.2) is 0 Å². The first kappa shape index (κ1) is 15.4. The molecule has 0 radical (unpaired) electrons. The van der Waals surface area contributed by atoms with Crippen molar-refractivity contribution in [2.45, 2.75) is 33.5 Å². The van der Waals surface area contributed by atoms with E-state index in [4.69, 9.17) is 14.8 Å². The zero-order valence-electron chi connectivity index (χ0n) is 11.5. The molecule has 1 rings (SSSR count). The van der Waals surface area contributed by atoms with Crippen LogP contribution in [0.15, 0.2) is 18.2 Å². The minimum Gasteiger partial charge on any atom is -0.314 e. The molecule has 102 valence electrons. The van der Waals surface area contributed by atoms with Crippen LogP contribution in [0.4, 0.5) is 0 Å². The fraction of sp³-hybridized carbons (Fsp3) is 0.538. The Hall–Kier alpha value is -0.670. The molecule has 0 aromatic heterocycles. The summed E-state index contributed by atoms with van der Waals surface area (Å²) in [4.78, 5) is 0. The van der Waals surface area contributed by atoms with E-state index in [2.05, 4.69) is 0 Å². The Balaban J connectivity index is 3.17. The third-order valence-electron chi connectivity index (χ3n) is 2.80. The van der Waals surface area contributed by atoms with Crippen molar-refractivity contribution in [3.05, 3.63) is 34.9 Å². The third-order valence-corrected chi connectivity index (χ3v) is 4.97. The average molecular weight is 271 g/mol. The van der Waals surface area contributed by atoms with E-state index in [1.807, 2.05) is 32.0 Å². The third kappa shape index (κ3) is 3.21. The van der Waals surface area contributed by atoms with Gasteiger partial charge < -0.3 is 14.8 Å². The minimum absolute atomic E-state index is 0.315. The molecular weight excluding hydrogens is 249 g/mol. The predicted molar refractivity (Wildman–Crippen MR) is 73.7 cm³/mol. The highest BCUT2D eigenvalue weighted by Crippen LogP contribution is 2.59. The molecule has 4 nitrogen and oxygen atoms in total. The van der Waals surface area contributed by atoms with Crippen molar-refractivity contribution in [1.82, 2.24) is 0 Å². The lowest BCUT2D eigenvalue weighted by atomic mass is 10.0. The second-order valence-electron chi connectivity index (χ2n) is 4.13. The van der Waals surface area contributed by atoms with Gasteiger partial charge in [-0.1, -0.05) is 18.2 Å². The molecule has 5 heteroatoms. The highest BCUT2D eigenvalue weighted by atomic mass is 31.2. The number of hydrogen-bond acceptors (Lipinski definition) is 4. The first-order chi connectivity index (χ1) is 8.46. The first-order valence-electron chi connectivity index (χ1n) is 6.16. The molecule has 1 aromatic rings. The number of benzene rings is 1. The van der Waals surface area contributed by atoms with Crippen LogP contribution in [0, 0.1) is 13.8 Å².